The number of anilines is 9. The van der Waals surface area contributed by atoms with Crippen LogP contribution in [0.25, 0.3) is 67.6 Å². The first-order valence-corrected chi connectivity index (χ1v) is 38.3. The Balaban J connectivity index is 0.000000108. The van der Waals surface area contributed by atoms with Gasteiger partial charge in [0.25, 0.3) is 0 Å². The lowest BCUT2D eigenvalue weighted by molar-refractivity contribution is 0.122. The van der Waals surface area contributed by atoms with Crippen LogP contribution in [0, 0.1) is 0 Å². The second-order valence-electron chi connectivity index (χ2n) is 28.7. The number of benzene rings is 4. The largest absolute Gasteiger partial charge is 0.378 e. The zero-order valence-corrected chi connectivity index (χ0v) is 63.1. The van der Waals surface area contributed by atoms with Crippen LogP contribution in [-0.4, -0.2) is 162 Å². The number of aromatic nitrogens is 20. The summed E-state index contributed by atoms with van der Waals surface area (Å²) in [6.45, 7) is 10.0. The molecule has 4 saturated heterocycles. The molecule has 0 saturated carbocycles. The second kappa shape index (κ2) is 33.1. The minimum atomic E-state index is 0.610. The van der Waals surface area contributed by atoms with Crippen LogP contribution in [-0.2, 0) is 32.9 Å². The summed E-state index contributed by atoms with van der Waals surface area (Å²) in [4.78, 5) is 38.7. The number of hydrogen-bond donors (Lipinski definition) is 7. The summed E-state index contributed by atoms with van der Waals surface area (Å²) in [5, 5.41) is 41.1. The molecule has 4 fully saturated rings. The fraction of sp³-hybridized carbons (Fsp3) is 0.277. The number of ether oxygens (including phenoxy) is 1. The molecule has 112 heavy (non-hydrogen) atoms. The van der Waals surface area contributed by atoms with Crippen LogP contribution in [0.15, 0.2) is 221 Å². The zero-order chi connectivity index (χ0) is 75.7. The first kappa shape index (κ1) is 71.9. The third-order valence-electron chi connectivity index (χ3n) is 21.1. The Morgan fingerprint density at radius 3 is 1.09 bits per heavy atom. The van der Waals surface area contributed by atoms with Crippen molar-refractivity contribution >= 4 is 74.3 Å². The number of rotatable bonds is 16. The predicted molar refractivity (Wildman–Crippen MR) is 437 cm³/mol. The first-order chi connectivity index (χ1) is 55.1. The standard InChI is InChI=1S/3C21H23N7.C20H21N7O/c1-27-14-17(12-25-27)19-13-24-21-20(23-10-11-28(19)21)26-18-4-2-15(3-5-18)16-6-8-22-9-7-16;1-27-14-17(12-25-27)19-13-24-21-20(23-9-10-28(19)21)26-18-6-4-15(5-7-18)16-3-2-8-22-11-16;1-27-14-17(12-25-27)19-13-24-21-20(23-9-10-28(19)21)26-18-4-2-3-16(11-18)15-5-7-22-8-6-15;1-25-14-15(12-23-25)18-13-22-20-19(21-6-7-27(18)20)24-16-2-4-17(5-3-16)26-8-10-28-11-9-26/h2-5,10-14,16,22H,6-9H2,1H3,(H,23,26);4-7,9-10,12-14,16,22H,2-3,8,11H2,1H3,(H,23,26);2-4,9-15,22H,5-8H2,1H3,(H,23,26);2-7,12-14H,8-11H2,1H3,(H,21,24). The molecule has 4 aromatic carbocycles. The van der Waals surface area contributed by atoms with E-state index in [9.17, 15) is 0 Å². The predicted octanol–water partition coefficient (Wildman–Crippen LogP) is 12.7. The molecular weight excluding hydrogens is 1410 g/mol. The van der Waals surface area contributed by atoms with E-state index >= 15 is 0 Å². The van der Waals surface area contributed by atoms with Crippen molar-refractivity contribution in [2.24, 2.45) is 28.2 Å². The summed E-state index contributed by atoms with van der Waals surface area (Å²) in [7, 11) is 7.64. The van der Waals surface area contributed by atoms with E-state index in [2.05, 4.69) is 199 Å². The SMILES string of the molecule is Cn1cc(-c2cnc3c(Nc4ccc(C5CCCNC5)cc4)nccn23)cn1.Cn1cc(-c2cnc3c(Nc4ccc(C5CCNCC5)cc4)nccn23)cn1.Cn1cc(-c2cnc3c(Nc4ccc(N5CCOCC5)cc4)nccn23)cn1.Cn1cc(-c2cnc3c(Nc4cccc(C5CCNCC5)c4)nccn23)cn1. The average molecular weight is 1500 g/mol. The van der Waals surface area contributed by atoms with Crippen molar-refractivity contribution in [1.29, 1.82) is 0 Å². The second-order valence-corrected chi connectivity index (χ2v) is 28.7. The Bertz CT molecular complexity index is 5370. The molecule has 0 bridgehead atoms. The normalized spacial score (nSPS) is 15.5. The molecule has 7 N–H and O–H groups in total. The fourth-order valence-corrected chi connectivity index (χ4v) is 15.2. The van der Waals surface area contributed by atoms with E-state index < -0.39 is 0 Å². The number of fused-ring (bicyclic) bond motifs is 4. The molecule has 0 radical (unpaired) electrons. The lowest BCUT2D eigenvalue weighted by Gasteiger charge is -2.28. The van der Waals surface area contributed by atoms with Gasteiger partial charge in [-0.15, -0.1) is 0 Å². The van der Waals surface area contributed by atoms with Gasteiger partial charge in [0.15, 0.2) is 45.9 Å². The van der Waals surface area contributed by atoms with E-state index in [4.69, 9.17) is 4.74 Å². The van der Waals surface area contributed by atoms with Crippen LogP contribution in [0.3, 0.4) is 0 Å². The molecule has 0 spiro atoms. The summed E-state index contributed by atoms with van der Waals surface area (Å²) in [5.41, 5.74) is 20.7. The van der Waals surface area contributed by atoms with Crippen molar-refractivity contribution in [1.82, 2.24) is 113 Å². The molecule has 568 valence electrons. The maximum atomic E-state index is 5.42. The number of nitrogens with zero attached hydrogens (tertiary/aromatic N) is 21. The van der Waals surface area contributed by atoms with Gasteiger partial charge in [-0.1, -0.05) is 36.4 Å². The minimum Gasteiger partial charge on any atom is -0.378 e. The van der Waals surface area contributed by atoms with Crippen molar-refractivity contribution in [3.05, 3.63) is 238 Å². The van der Waals surface area contributed by atoms with E-state index in [0.29, 0.717) is 17.8 Å². The number of hydrogen-bond acceptors (Lipinski definition) is 21. The van der Waals surface area contributed by atoms with Gasteiger partial charge in [-0.3, -0.25) is 36.3 Å². The van der Waals surface area contributed by atoms with Crippen LogP contribution >= 0.6 is 0 Å². The van der Waals surface area contributed by atoms with Gasteiger partial charge in [0.2, 0.25) is 0 Å². The molecule has 1 atom stereocenters. The molecule has 4 aliphatic heterocycles. The quantitative estimate of drug-likeness (QED) is 0.0473. The van der Waals surface area contributed by atoms with Gasteiger partial charge in [-0.2, -0.15) is 20.4 Å². The summed E-state index contributed by atoms with van der Waals surface area (Å²) < 4.78 is 20.7. The topological polar surface area (TPSA) is 289 Å². The molecule has 29 heteroatoms. The Hall–Kier alpha value is -13.0. The molecule has 20 rings (SSSR count). The molecule has 16 heterocycles. The number of aryl methyl sites for hydroxylation is 4. The van der Waals surface area contributed by atoms with E-state index in [1.54, 1.807) is 43.5 Å². The van der Waals surface area contributed by atoms with Gasteiger partial charge in [0.1, 0.15) is 0 Å². The Labute approximate surface area is 647 Å². The van der Waals surface area contributed by atoms with Crippen LogP contribution in [0.1, 0.15) is 73.0 Å². The Morgan fingerprint density at radius 1 is 0.357 bits per heavy atom. The fourth-order valence-electron chi connectivity index (χ4n) is 15.2. The van der Waals surface area contributed by atoms with Crippen LogP contribution in [0.4, 0.5) is 51.7 Å². The smallest absolute Gasteiger partial charge is 0.180 e. The molecule has 4 aliphatic rings. The van der Waals surface area contributed by atoms with Crippen LogP contribution in [0.5, 0.6) is 0 Å². The van der Waals surface area contributed by atoms with Crippen LogP contribution in [0.2, 0.25) is 0 Å². The number of morpholine rings is 1. The van der Waals surface area contributed by atoms with Gasteiger partial charge in [0, 0.05) is 173 Å². The van der Waals surface area contributed by atoms with Crippen molar-refractivity contribution in [2.45, 2.75) is 56.3 Å². The van der Waals surface area contributed by atoms with Crippen molar-refractivity contribution in [3.8, 4) is 45.0 Å². The third kappa shape index (κ3) is 16.2. The summed E-state index contributed by atoms with van der Waals surface area (Å²) in [6, 6.07) is 34.5. The highest BCUT2D eigenvalue weighted by Crippen LogP contribution is 2.35. The van der Waals surface area contributed by atoms with E-state index in [0.717, 1.165) is 179 Å². The van der Waals surface area contributed by atoms with E-state index in [1.165, 1.54) is 60.9 Å². The molecule has 0 aliphatic carbocycles. The highest BCUT2D eigenvalue weighted by Gasteiger charge is 2.22. The molecule has 1 unspecified atom stereocenters. The Kier molecular flexibility index (Phi) is 21.3. The maximum absolute atomic E-state index is 5.42. The summed E-state index contributed by atoms with van der Waals surface area (Å²) in [5.74, 6) is 4.84. The van der Waals surface area contributed by atoms with Gasteiger partial charge in [-0.25, -0.2) is 39.9 Å². The molecule has 12 aromatic heterocycles. The molecule has 16 aromatic rings. The van der Waals surface area contributed by atoms with E-state index in [1.807, 2.05) is 145 Å². The molecular formula is C83H90N28O. The van der Waals surface area contributed by atoms with Gasteiger partial charge < -0.3 is 46.9 Å². The highest BCUT2D eigenvalue weighted by molar-refractivity contribution is 5.78. The lowest BCUT2D eigenvalue weighted by Crippen LogP contribution is -2.36. The van der Waals surface area contributed by atoms with E-state index in [-0.39, 0.29) is 0 Å². The lowest BCUT2D eigenvalue weighted by atomic mass is 9.90. The zero-order valence-electron chi connectivity index (χ0n) is 63.1. The first-order valence-electron chi connectivity index (χ1n) is 38.3. The van der Waals surface area contributed by atoms with Crippen molar-refractivity contribution in [2.75, 3.05) is 91.7 Å². The highest BCUT2D eigenvalue weighted by atomic mass is 16.5. The van der Waals surface area contributed by atoms with Gasteiger partial charge in [0.05, 0.1) is 85.6 Å². The van der Waals surface area contributed by atoms with Crippen molar-refractivity contribution < 1.29 is 4.74 Å². The van der Waals surface area contributed by atoms with Crippen molar-refractivity contribution in [3.63, 3.8) is 0 Å². The number of nitrogens with one attached hydrogen (secondary N) is 7. The number of imidazole rings is 4. The molecule has 0 amide bonds. The average Bonchev–Trinajstić information content (AvgIpc) is 1.69. The molecule has 29 nitrogen and oxygen atoms in total. The Morgan fingerprint density at radius 2 is 0.723 bits per heavy atom. The summed E-state index contributed by atoms with van der Waals surface area (Å²) in [6.07, 6.45) is 44.9. The monoisotopic (exact) mass is 1490 g/mol. The minimum absolute atomic E-state index is 0.610. The van der Waals surface area contributed by atoms with Gasteiger partial charge in [-0.05, 0) is 166 Å². The third-order valence-corrected chi connectivity index (χ3v) is 21.1. The number of piperidine rings is 3. The van der Waals surface area contributed by atoms with Crippen LogP contribution < -0.4 is 42.1 Å². The maximum Gasteiger partial charge on any atom is 0.180 e. The van der Waals surface area contributed by atoms with Gasteiger partial charge >= 0.3 is 0 Å². The summed E-state index contributed by atoms with van der Waals surface area (Å²) >= 11 is 0.